The first-order chi connectivity index (χ1) is 11.5. The molecule has 0 N–H and O–H groups in total. The minimum Gasteiger partial charge on any atom is -0.481 e. The molecule has 0 aliphatic carbocycles. The summed E-state index contributed by atoms with van der Waals surface area (Å²) in [5.74, 6) is 0.0191. The minimum atomic E-state index is -0.494. The highest BCUT2D eigenvalue weighted by Gasteiger charge is 2.09. The van der Waals surface area contributed by atoms with Crippen LogP contribution < -0.4 is 4.74 Å². The number of hydrogen-bond acceptors (Lipinski definition) is 4. The van der Waals surface area contributed by atoms with Gasteiger partial charge in [0.15, 0.2) is 6.61 Å². The maximum atomic E-state index is 11.8. The predicted octanol–water partition coefficient (Wildman–Crippen LogP) is 4.53. The van der Waals surface area contributed by atoms with E-state index < -0.39 is 5.97 Å². The van der Waals surface area contributed by atoms with Gasteiger partial charge in [0.2, 0.25) is 0 Å². The number of esters is 1. The lowest BCUT2D eigenvalue weighted by molar-refractivity contribution is -0.147. The molecule has 0 unspecified atom stereocenters. The summed E-state index contributed by atoms with van der Waals surface area (Å²) >= 11 is 15.1. The number of rotatable bonds is 5. The predicted molar refractivity (Wildman–Crippen MR) is 94.6 cm³/mol. The van der Waals surface area contributed by atoms with Crippen molar-refractivity contribution >= 4 is 50.7 Å². The maximum Gasteiger partial charge on any atom is 0.344 e. The first-order valence-corrected chi connectivity index (χ1v) is 8.43. The molecule has 0 amide bonds. The molecule has 0 aliphatic heterocycles. The molecule has 1 aromatic carbocycles. The summed E-state index contributed by atoms with van der Waals surface area (Å²) < 4.78 is 13.0. The van der Waals surface area contributed by atoms with E-state index in [1.165, 1.54) is 0 Å². The third-order valence-corrected chi connectivity index (χ3v) is 4.16. The fourth-order valence-corrected chi connectivity index (χ4v) is 2.98. The molecule has 0 atom stereocenters. The topological polar surface area (TPSA) is 52.8 Å². The number of pyridine rings is 1. The quantitative estimate of drug-likeness (QED) is 0.559. The van der Waals surface area contributed by atoms with E-state index >= 15 is 0 Å². The number of aromatic nitrogens is 2. The summed E-state index contributed by atoms with van der Waals surface area (Å²) in [5.41, 5.74) is 1.35. The van der Waals surface area contributed by atoms with Gasteiger partial charge in [0.25, 0.3) is 0 Å². The number of nitrogens with zero attached hydrogens (tertiary/aromatic N) is 2. The maximum absolute atomic E-state index is 11.8. The van der Waals surface area contributed by atoms with Crippen LogP contribution in [0.2, 0.25) is 10.0 Å². The van der Waals surface area contributed by atoms with Gasteiger partial charge < -0.3 is 13.9 Å². The van der Waals surface area contributed by atoms with Gasteiger partial charge in [-0.15, -0.1) is 0 Å². The Hall–Kier alpha value is -1.76. The van der Waals surface area contributed by atoms with Gasteiger partial charge in [-0.2, -0.15) is 0 Å². The molecule has 3 aromatic rings. The lowest BCUT2D eigenvalue weighted by atomic mass is 10.3. The lowest BCUT2D eigenvalue weighted by Crippen LogP contribution is -2.15. The Balaban J connectivity index is 1.54. The van der Waals surface area contributed by atoms with Crippen LogP contribution in [0.1, 0.15) is 5.69 Å². The number of benzene rings is 1. The van der Waals surface area contributed by atoms with Crippen molar-refractivity contribution in [3.8, 4) is 5.75 Å². The summed E-state index contributed by atoms with van der Waals surface area (Å²) in [7, 11) is 0. The highest BCUT2D eigenvalue weighted by atomic mass is 79.9. The van der Waals surface area contributed by atoms with Crippen molar-refractivity contribution in [2.45, 2.75) is 6.61 Å². The van der Waals surface area contributed by atoms with Crippen molar-refractivity contribution in [1.29, 1.82) is 0 Å². The molecule has 0 radical (unpaired) electrons. The van der Waals surface area contributed by atoms with E-state index in [-0.39, 0.29) is 13.2 Å². The van der Waals surface area contributed by atoms with Gasteiger partial charge in [-0.3, -0.25) is 0 Å². The van der Waals surface area contributed by atoms with Gasteiger partial charge in [-0.05, 0) is 46.3 Å². The summed E-state index contributed by atoms with van der Waals surface area (Å²) in [6, 6.07) is 8.57. The molecule has 0 saturated carbocycles. The second-order valence-electron chi connectivity index (χ2n) is 4.87. The van der Waals surface area contributed by atoms with Crippen LogP contribution in [-0.4, -0.2) is 22.0 Å². The fourth-order valence-electron chi connectivity index (χ4n) is 2.01. The first-order valence-electron chi connectivity index (χ1n) is 6.88. The van der Waals surface area contributed by atoms with Crippen molar-refractivity contribution in [2.75, 3.05) is 6.61 Å². The van der Waals surface area contributed by atoms with E-state index in [0.717, 1.165) is 5.65 Å². The van der Waals surface area contributed by atoms with Crippen molar-refractivity contribution < 1.29 is 14.3 Å². The van der Waals surface area contributed by atoms with Gasteiger partial charge in [-0.25, -0.2) is 9.78 Å². The number of halogens is 3. The van der Waals surface area contributed by atoms with E-state index in [2.05, 4.69) is 20.9 Å². The number of carbonyl (C=O) groups is 1. The van der Waals surface area contributed by atoms with Crippen LogP contribution in [0.25, 0.3) is 5.65 Å². The largest absolute Gasteiger partial charge is 0.481 e. The molecule has 0 bridgehead atoms. The molecule has 124 valence electrons. The third kappa shape index (κ3) is 4.20. The monoisotopic (exact) mass is 428 g/mol. The Morgan fingerprint density at radius 1 is 1.17 bits per heavy atom. The molecule has 24 heavy (non-hydrogen) atoms. The van der Waals surface area contributed by atoms with Gasteiger partial charge in [0.05, 0.1) is 15.2 Å². The Morgan fingerprint density at radius 3 is 2.75 bits per heavy atom. The zero-order valence-electron chi connectivity index (χ0n) is 12.2. The molecular weight excluding hydrogens is 419 g/mol. The van der Waals surface area contributed by atoms with Crippen molar-refractivity contribution in [1.82, 2.24) is 9.38 Å². The molecule has 0 aliphatic rings. The van der Waals surface area contributed by atoms with Crippen LogP contribution in [0.5, 0.6) is 5.75 Å². The summed E-state index contributed by atoms with van der Waals surface area (Å²) in [6.07, 6.45) is 3.49. The molecule has 5 nitrogen and oxygen atoms in total. The average molecular weight is 430 g/mol. The third-order valence-electron chi connectivity index (χ3n) is 3.09. The van der Waals surface area contributed by atoms with E-state index in [4.69, 9.17) is 32.7 Å². The number of fused-ring (bicyclic) bond motifs is 1. The van der Waals surface area contributed by atoms with E-state index in [9.17, 15) is 4.79 Å². The van der Waals surface area contributed by atoms with Gasteiger partial charge in [0.1, 0.15) is 18.0 Å². The SMILES string of the molecule is O=C(COc1ccc(Cl)cc1Br)OCc1cn2cc(Cl)ccc2n1. The van der Waals surface area contributed by atoms with Crippen LogP contribution >= 0.6 is 39.1 Å². The van der Waals surface area contributed by atoms with Crippen LogP contribution in [0.3, 0.4) is 0 Å². The van der Waals surface area contributed by atoms with Crippen LogP contribution in [0.4, 0.5) is 0 Å². The lowest BCUT2D eigenvalue weighted by Gasteiger charge is -2.08. The molecule has 3 rings (SSSR count). The fraction of sp³-hybridized carbons (Fsp3) is 0.125. The Morgan fingerprint density at radius 2 is 1.96 bits per heavy atom. The molecular formula is C16H11BrCl2N2O3. The van der Waals surface area contributed by atoms with E-state index in [0.29, 0.717) is 26.0 Å². The minimum absolute atomic E-state index is 0.0588. The van der Waals surface area contributed by atoms with Crippen LogP contribution in [-0.2, 0) is 16.1 Å². The summed E-state index contributed by atoms with van der Waals surface area (Å²) in [6.45, 7) is -0.150. The van der Waals surface area contributed by atoms with E-state index in [1.54, 1.807) is 47.1 Å². The molecule has 2 heterocycles. The highest BCUT2D eigenvalue weighted by molar-refractivity contribution is 9.10. The van der Waals surface area contributed by atoms with Gasteiger partial charge >= 0.3 is 5.97 Å². The number of ether oxygens (including phenoxy) is 2. The molecule has 0 saturated heterocycles. The Kier molecular flexibility index (Phi) is 5.28. The number of hydrogen-bond donors (Lipinski definition) is 0. The van der Waals surface area contributed by atoms with Gasteiger partial charge in [-0.1, -0.05) is 23.2 Å². The number of imidazole rings is 1. The van der Waals surface area contributed by atoms with Crippen molar-refractivity contribution in [3.05, 3.63) is 62.9 Å². The first kappa shape index (κ1) is 17.1. The van der Waals surface area contributed by atoms with Crippen LogP contribution in [0, 0.1) is 0 Å². The Bertz CT molecular complexity index is 898. The zero-order valence-corrected chi connectivity index (χ0v) is 15.3. The van der Waals surface area contributed by atoms with Crippen molar-refractivity contribution in [3.63, 3.8) is 0 Å². The zero-order chi connectivity index (χ0) is 17.1. The summed E-state index contributed by atoms with van der Waals surface area (Å²) in [4.78, 5) is 16.1. The normalized spacial score (nSPS) is 10.8. The van der Waals surface area contributed by atoms with Gasteiger partial charge in [0, 0.05) is 17.4 Å². The summed E-state index contributed by atoms with van der Waals surface area (Å²) in [5, 5.41) is 1.18. The molecule has 2 aromatic heterocycles. The average Bonchev–Trinajstić information content (AvgIpc) is 2.94. The molecule has 8 heteroatoms. The second kappa shape index (κ2) is 7.42. The highest BCUT2D eigenvalue weighted by Crippen LogP contribution is 2.27. The second-order valence-corrected chi connectivity index (χ2v) is 6.60. The standard InChI is InChI=1S/C16H11BrCl2N2O3/c17-13-5-10(18)1-3-14(13)23-9-16(22)24-8-12-7-21-6-11(19)2-4-15(21)20-12/h1-7H,8-9H2. The van der Waals surface area contributed by atoms with Crippen molar-refractivity contribution in [2.24, 2.45) is 0 Å². The molecule has 0 fully saturated rings. The van der Waals surface area contributed by atoms with E-state index in [1.807, 2.05) is 0 Å². The molecule has 0 spiro atoms. The Labute approximate surface area is 156 Å². The smallest absolute Gasteiger partial charge is 0.344 e. The van der Waals surface area contributed by atoms with Crippen LogP contribution in [0.15, 0.2) is 47.2 Å². The number of carbonyl (C=O) groups excluding carboxylic acids is 1.